The molecule has 0 fully saturated rings. The average Bonchev–Trinajstić information content (AvgIpc) is 2.92. The molecule has 0 aliphatic heterocycles. The van der Waals surface area contributed by atoms with E-state index >= 15 is 0 Å². The molecule has 0 radical (unpaired) electrons. The molecule has 198 valence electrons. The first-order chi connectivity index (χ1) is 18.3. The van der Waals surface area contributed by atoms with Gasteiger partial charge in [-0.2, -0.15) is 0 Å². The van der Waals surface area contributed by atoms with Crippen molar-refractivity contribution in [3.8, 4) is 11.5 Å². The molecule has 9 heteroatoms. The van der Waals surface area contributed by atoms with Gasteiger partial charge in [0.05, 0.1) is 24.3 Å². The fraction of sp³-hybridized carbons (Fsp3) is 0.241. The summed E-state index contributed by atoms with van der Waals surface area (Å²) in [5, 5.41) is 0. The summed E-state index contributed by atoms with van der Waals surface area (Å²) in [5.74, 6) is -0.0988. The van der Waals surface area contributed by atoms with E-state index in [-0.39, 0.29) is 0 Å². The second kappa shape index (κ2) is 14.2. The van der Waals surface area contributed by atoms with Crippen LogP contribution in [0.5, 0.6) is 11.5 Å². The van der Waals surface area contributed by atoms with Crippen LogP contribution in [-0.4, -0.2) is 37.1 Å². The molecule has 0 saturated heterocycles. The lowest BCUT2D eigenvalue weighted by Crippen LogP contribution is -2.10. The van der Waals surface area contributed by atoms with Crippen LogP contribution in [-0.2, 0) is 23.8 Å². The number of ether oxygens (including phenoxy) is 5. The van der Waals surface area contributed by atoms with Crippen molar-refractivity contribution >= 4 is 23.9 Å². The van der Waals surface area contributed by atoms with Gasteiger partial charge >= 0.3 is 23.9 Å². The summed E-state index contributed by atoms with van der Waals surface area (Å²) in [6.07, 6.45) is 6.45. The number of unbranched alkanes of at least 4 members (excludes halogenated alkanes) is 1. The molecule has 2 aromatic rings. The largest absolute Gasteiger partial charge is 0.494 e. The van der Waals surface area contributed by atoms with Crippen LogP contribution in [0, 0.1) is 0 Å². The van der Waals surface area contributed by atoms with E-state index in [1.165, 1.54) is 31.2 Å². The van der Waals surface area contributed by atoms with E-state index < -0.39 is 23.9 Å². The van der Waals surface area contributed by atoms with Gasteiger partial charge < -0.3 is 23.7 Å². The van der Waals surface area contributed by atoms with E-state index in [1.54, 1.807) is 36.4 Å². The Morgan fingerprint density at radius 3 is 1.71 bits per heavy atom. The first kappa shape index (κ1) is 27.9. The quantitative estimate of drug-likeness (QED) is 0.124. The van der Waals surface area contributed by atoms with Crippen molar-refractivity contribution in [2.45, 2.75) is 32.6 Å². The number of esters is 4. The summed E-state index contributed by atoms with van der Waals surface area (Å²) in [5.41, 5.74) is 0.678. The first-order valence-corrected chi connectivity index (χ1v) is 12.0. The summed E-state index contributed by atoms with van der Waals surface area (Å²) < 4.78 is 26.3. The fourth-order valence-corrected chi connectivity index (χ4v) is 3.26. The maximum absolute atomic E-state index is 12.5. The van der Waals surface area contributed by atoms with E-state index in [9.17, 15) is 19.2 Å². The normalized spacial score (nSPS) is 12.3. The van der Waals surface area contributed by atoms with Gasteiger partial charge in [0.25, 0.3) is 0 Å². The molecular formula is C29H28O9. The molecule has 0 atom stereocenters. The van der Waals surface area contributed by atoms with E-state index in [0.717, 1.165) is 6.08 Å². The topological polar surface area (TPSA) is 114 Å². The van der Waals surface area contributed by atoms with E-state index in [2.05, 4.69) is 6.58 Å². The zero-order valence-electron chi connectivity index (χ0n) is 21.0. The van der Waals surface area contributed by atoms with Crippen LogP contribution in [0.2, 0.25) is 0 Å². The minimum atomic E-state index is -0.544. The van der Waals surface area contributed by atoms with Crippen molar-refractivity contribution in [2.75, 3.05) is 13.2 Å². The fourth-order valence-electron chi connectivity index (χ4n) is 3.26. The molecular weight excluding hydrogens is 492 g/mol. The lowest BCUT2D eigenvalue weighted by molar-refractivity contribution is -0.138. The maximum atomic E-state index is 12.5. The number of hydrogen-bond acceptors (Lipinski definition) is 9. The highest BCUT2D eigenvalue weighted by atomic mass is 16.5. The molecule has 0 aromatic heterocycles. The minimum absolute atomic E-state index is 0.306. The van der Waals surface area contributed by atoms with Gasteiger partial charge in [-0.25, -0.2) is 14.4 Å². The molecule has 0 bridgehead atoms. The Morgan fingerprint density at radius 1 is 0.737 bits per heavy atom. The Morgan fingerprint density at radius 2 is 1.24 bits per heavy atom. The summed E-state index contributed by atoms with van der Waals surface area (Å²) >= 11 is 0. The number of carbonyl (C=O) groups excluding carboxylic acids is 4. The van der Waals surface area contributed by atoms with Crippen molar-refractivity contribution in [3.05, 3.63) is 96.0 Å². The second-order valence-corrected chi connectivity index (χ2v) is 8.11. The summed E-state index contributed by atoms with van der Waals surface area (Å²) in [7, 11) is 0. The highest BCUT2D eigenvalue weighted by molar-refractivity contribution is 5.91. The number of benzene rings is 2. The first-order valence-electron chi connectivity index (χ1n) is 12.0. The van der Waals surface area contributed by atoms with Gasteiger partial charge in [-0.15, -0.1) is 0 Å². The van der Waals surface area contributed by atoms with Crippen LogP contribution < -0.4 is 9.47 Å². The van der Waals surface area contributed by atoms with E-state index in [1.807, 2.05) is 0 Å². The number of rotatable bonds is 12. The monoisotopic (exact) mass is 520 g/mol. The SMILES string of the molecule is C=CC(=O)OCCCCOc1ccc(C(=O)OC2=CC=C(OC(=O)c3ccc(OC(C)=O)cc3)CC2)cc1. The van der Waals surface area contributed by atoms with Crippen LogP contribution in [0.15, 0.2) is 84.9 Å². The summed E-state index contributed by atoms with van der Waals surface area (Å²) in [6.45, 7) is 5.38. The third-order valence-electron chi connectivity index (χ3n) is 5.18. The van der Waals surface area contributed by atoms with Gasteiger partial charge in [0.15, 0.2) is 0 Å². The van der Waals surface area contributed by atoms with Crippen LogP contribution in [0.4, 0.5) is 0 Å². The van der Waals surface area contributed by atoms with Crippen LogP contribution in [0.1, 0.15) is 53.3 Å². The van der Waals surface area contributed by atoms with Crippen LogP contribution in [0.3, 0.4) is 0 Å². The Bertz CT molecular complexity index is 1220. The second-order valence-electron chi connectivity index (χ2n) is 8.11. The van der Waals surface area contributed by atoms with Gasteiger partial charge in [-0.3, -0.25) is 4.79 Å². The Hall–Kier alpha value is -4.66. The number of carbonyl (C=O) groups is 4. The maximum Gasteiger partial charge on any atom is 0.343 e. The van der Waals surface area contributed by atoms with E-state index in [0.29, 0.717) is 73.0 Å². The van der Waals surface area contributed by atoms with Crippen molar-refractivity contribution in [2.24, 2.45) is 0 Å². The highest BCUT2D eigenvalue weighted by Gasteiger charge is 2.17. The molecule has 0 saturated carbocycles. The smallest absolute Gasteiger partial charge is 0.343 e. The van der Waals surface area contributed by atoms with Gasteiger partial charge in [0.1, 0.15) is 23.0 Å². The van der Waals surface area contributed by atoms with Gasteiger partial charge in [-0.1, -0.05) is 6.58 Å². The molecule has 0 unspecified atom stereocenters. The van der Waals surface area contributed by atoms with Crippen molar-refractivity contribution < 1.29 is 42.9 Å². The average molecular weight is 521 g/mol. The molecule has 38 heavy (non-hydrogen) atoms. The lowest BCUT2D eigenvalue weighted by atomic mass is 10.1. The van der Waals surface area contributed by atoms with Gasteiger partial charge in [0, 0.05) is 25.8 Å². The van der Waals surface area contributed by atoms with Crippen molar-refractivity contribution in [1.29, 1.82) is 0 Å². The molecule has 0 spiro atoms. The highest BCUT2D eigenvalue weighted by Crippen LogP contribution is 2.23. The Kier molecular flexibility index (Phi) is 10.4. The van der Waals surface area contributed by atoms with Crippen molar-refractivity contribution in [1.82, 2.24) is 0 Å². The molecule has 3 rings (SSSR count). The Labute approximate surface area is 220 Å². The third kappa shape index (κ3) is 9.09. The molecule has 0 N–H and O–H groups in total. The van der Waals surface area contributed by atoms with E-state index in [4.69, 9.17) is 23.7 Å². The summed E-state index contributed by atoms with van der Waals surface area (Å²) in [4.78, 5) is 46.8. The standard InChI is InChI=1S/C29H28O9/c1-3-27(31)35-19-5-4-18-34-23-10-6-21(7-11-23)28(32)37-25-14-16-26(17-15-25)38-29(33)22-8-12-24(13-9-22)36-20(2)30/h3,6-14,16H,1,4-5,15,17-19H2,2H3. The molecule has 1 aliphatic rings. The van der Waals surface area contributed by atoms with Gasteiger partial charge in [-0.05, 0) is 73.5 Å². The molecule has 2 aromatic carbocycles. The van der Waals surface area contributed by atoms with Crippen molar-refractivity contribution in [3.63, 3.8) is 0 Å². The van der Waals surface area contributed by atoms with Gasteiger partial charge in [0.2, 0.25) is 0 Å². The predicted molar refractivity (Wildman–Crippen MR) is 136 cm³/mol. The zero-order valence-corrected chi connectivity index (χ0v) is 21.0. The van der Waals surface area contributed by atoms with Crippen LogP contribution in [0.25, 0.3) is 0 Å². The molecule has 0 amide bonds. The minimum Gasteiger partial charge on any atom is -0.494 e. The van der Waals surface area contributed by atoms with Crippen LogP contribution >= 0.6 is 0 Å². The third-order valence-corrected chi connectivity index (χ3v) is 5.18. The lowest BCUT2D eigenvalue weighted by Gasteiger charge is -2.15. The molecule has 0 heterocycles. The molecule has 9 nitrogen and oxygen atoms in total. The summed E-state index contributed by atoms with van der Waals surface area (Å²) in [6, 6.07) is 12.6. The zero-order chi connectivity index (χ0) is 27.3. The predicted octanol–water partition coefficient (Wildman–Crippen LogP) is 5.08. The number of allylic oxidation sites excluding steroid dienone is 4. The Balaban J connectivity index is 1.42. The number of hydrogen-bond donors (Lipinski definition) is 0. The molecule has 1 aliphatic carbocycles.